The van der Waals surface area contributed by atoms with Gasteiger partial charge in [0.1, 0.15) is 6.61 Å². The summed E-state index contributed by atoms with van der Waals surface area (Å²) < 4.78 is 5.26. The molecule has 1 heterocycles. The number of hydrogen-bond donors (Lipinski definition) is 0. The molecule has 0 spiro atoms. The zero-order chi connectivity index (χ0) is 19.4. The Morgan fingerprint density at radius 2 is 1.59 bits per heavy atom. The molecule has 0 saturated heterocycles. The van der Waals surface area contributed by atoms with Crippen LogP contribution in [0.5, 0.6) is 0 Å². The number of carbonyl (C=O) groups excluding carboxylic acids is 1. The van der Waals surface area contributed by atoms with Crippen molar-refractivity contribution in [3.05, 3.63) is 30.1 Å². The molecule has 1 aromatic heterocycles. The van der Waals surface area contributed by atoms with Crippen molar-refractivity contribution >= 4 is 29.5 Å². The van der Waals surface area contributed by atoms with Crippen molar-refractivity contribution in [1.82, 2.24) is 4.98 Å². The average Bonchev–Trinajstić information content (AvgIpc) is 2.70. The summed E-state index contributed by atoms with van der Waals surface area (Å²) in [6.07, 6.45) is 15.3. The van der Waals surface area contributed by atoms with Gasteiger partial charge in [-0.25, -0.2) is 0 Å². The van der Waals surface area contributed by atoms with Crippen molar-refractivity contribution in [2.24, 2.45) is 0 Å². The third kappa shape index (κ3) is 16.0. The highest BCUT2D eigenvalue weighted by molar-refractivity contribution is 8.02. The van der Waals surface area contributed by atoms with Gasteiger partial charge in [0.2, 0.25) is 0 Å². The Hall–Kier alpha value is -0.680. The lowest BCUT2D eigenvalue weighted by molar-refractivity contribution is -0.145. The zero-order valence-electron chi connectivity index (χ0n) is 17.0. The molecule has 0 amide bonds. The molecule has 0 unspecified atom stereocenters. The summed E-state index contributed by atoms with van der Waals surface area (Å²) in [5.41, 5.74) is 0.944. The van der Waals surface area contributed by atoms with Crippen molar-refractivity contribution in [2.75, 3.05) is 23.0 Å². The number of aromatic nitrogens is 1. The summed E-state index contributed by atoms with van der Waals surface area (Å²) in [4.78, 5) is 15.7. The highest BCUT2D eigenvalue weighted by Gasteiger charge is 2.03. The zero-order valence-corrected chi connectivity index (χ0v) is 18.6. The van der Waals surface area contributed by atoms with Gasteiger partial charge in [-0.1, -0.05) is 51.5 Å². The van der Waals surface area contributed by atoms with Crippen LogP contribution in [0.4, 0.5) is 0 Å². The molecule has 0 fully saturated rings. The number of ether oxygens (including phenoxy) is 1. The molecule has 0 aromatic carbocycles. The van der Waals surface area contributed by atoms with Gasteiger partial charge < -0.3 is 4.74 Å². The number of rotatable bonds is 18. The predicted octanol–water partition coefficient (Wildman–Crippen LogP) is 6.51. The van der Waals surface area contributed by atoms with E-state index in [2.05, 4.69) is 35.4 Å². The first-order valence-electron chi connectivity index (χ1n) is 10.5. The van der Waals surface area contributed by atoms with Gasteiger partial charge in [0.15, 0.2) is 0 Å². The quantitative estimate of drug-likeness (QED) is 0.203. The Labute approximate surface area is 174 Å². The van der Waals surface area contributed by atoms with E-state index in [4.69, 9.17) is 4.74 Å². The van der Waals surface area contributed by atoms with Crippen molar-refractivity contribution in [2.45, 2.75) is 77.7 Å². The van der Waals surface area contributed by atoms with Crippen LogP contribution in [0.25, 0.3) is 0 Å². The molecular weight excluding hydrogens is 374 g/mol. The molecular formula is C22H37NO2S2. The van der Waals surface area contributed by atoms with E-state index in [9.17, 15) is 4.79 Å². The molecule has 154 valence electrons. The van der Waals surface area contributed by atoms with Crippen LogP contribution in [0.3, 0.4) is 0 Å². The summed E-state index contributed by atoms with van der Waals surface area (Å²) in [7, 11) is 0. The van der Waals surface area contributed by atoms with Gasteiger partial charge in [0.05, 0.1) is 0 Å². The van der Waals surface area contributed by atoms with E-state index >= 15 is 0 Å². The molecule has 0 atom stereocenters. The van der Waals surface area contributed by atoms with Crippen LogP contribution >= 0.6 is 23.5 Å². The van der Waals surface area contributed by atoms with Crippen molar-refractivity contribution in [3.63, 3.8) is 0 Å². The minimum absolute atomic E-state index is 0.0931. The third-order valence-corrected chi connectivity index (χ3v) is 6.78. The van der Waals surface area contributed by atoms with E-state index in [1.54, 1.807) is 12.4 Å². The maximum absolute atomic E-state index is 11.7. The van der Waals surface area contributed by atoms with Gasteiger partial charge in [-0.15, -0.1) is 0 Å². The fourth-order valence-electron chi connectivity index (χ4n) is 2.72. The Balaban J connectivity index is 1.77. The van der Waals surface area contributed by atoms with Gasteiger partial charge in [0.25, 0.3) is 0 Å². The molecule has 0 aliphatic heterocycles. The number of unbranched alkanes of at least 4 members (excludes halogenated alkanes) is 7. The van der Waals surface area contributed by atoms with E-state index in [1.807, 2.05) is 12.1 Å². The first kappa shape index (κ1) is 24.4. The Kier molecular flexibility index (Phi) is 16.8. The summed E-state index contributed by atoms with van der Waals surface area (Å²) in [6, 6.07) is 3.78. The fraction of sp³-hybridized carbons (Fsp3) is 0.727. The molecule has 0 saturated carbocycles. The molecule has 5 heteroatoms. The maximum Gasteiger partial charge on any atom is 0.306 e. The minimum Gasteiger partial charge on any atom is -0.461 e. The summed E-state index contributed by atoms with van der Waals surface area (Å²) in [6.45, 7) is 2.59. The number of thioether (sulfide) groups is 2. The van der Waals surface area contributed by atoms with Gasteiger partial charge >= 0.3 is 5.97 Å². The largest absolute Gasteiger partial charge is 0.461 e. The van der Waals surface area contributed by atoms with E-state index < -0.39 is 0 Å². The first-order valence-corrected chi connectivity index (χ1v) is 12.8. The molecule has 27 heavy (non-hydrogen) atoms. The smallest absolute Gasteiger partial charge is 0.306 e. The molecule has 1 rings (SSSR count). The van der Waals surface area contributed by atoms with E-state index in [0.29, 0.717) is 13.0 Å². The lowest BCUT2D eigenvalue weighted by atomic mass is 10.1. The normalized spacial score (nSPS) is 10.9. The molecule has 0 radical (unpaired) electrons. The van der Waals surface area contributed by atoms with Crippen molar-refractivity contribution < 1.29 is 9.53 Å². The van der Waals surface area contributed by atoms with Gasteiger partial charge in [0, 0.05) is 35.9 Å². The van der Waals surface area contributed by atoms with Gasteiger partial charge in [-0.2, -0.15) is 23.5 Å². The number of hydrogen-bond acceptors (Lipinski definition) is 5. The number of pyridine rings is 1. The Morgan fingerprint density at radius 3 is 2.26 bits per heavy atom. The second-order valence-electron chi connectivity index (χ2n) is 6.83. The topological polar surface area (TPSA) is 39.2 Å². The van der Waals surface area contributed by atoms with Crippen LogP contribution in [-0.4, -0.2) is 34.0 Å². The third-order valence-electron chi connectivity index (χ3n) is 4.26. The summed E-state index contributed by atoms with van der Waals surface area (Å²) in [5, 5.41) is 0. The summed E-state index contributed by atoms with van der Waals surface area (Å²) in [5.74, 6) is 5.18. The summed E-state index contributed by atoms with van der Waals surface area (Å²) >= 11 is 4.20. The average molecular weight is 412 g/mol. The van der Waals surface area contributed by atoms with Crippen LogP contribution in [0.15, 0.2) is 24.5 Å². The molecule has 0 aliphatic rings. The fourth-order valence-corrected chi connectivity index (χ4v) is 4.77. The highest BCUT2D eigenvalue weighted by Crippen LogP contribution is 2.13. The predicted molar refractivity (Wildman–Crippen MR) is 121 cm³/mol. The lowest BCUT2D eigenvalue weighted by Crippen LogP contribution is -2.04. The molecule has 0 bridgehead atoms. The van der Waals surface area contributed by atoms with E-state index in [0.717, 1.165) is 18.4 Å². The van der Waals surface area contributed by atoms with Crippen LogP contribution in [0.2, 0.25) is 0 Å². The van der Waals surface area contributed by atoms with Crippen LogP contribution < -0.4 is 0 Å². The maximum atomic E-state index is 11.7. The van der Waals surface area contributed by atoms with Crippen LogP contribution in [-0.2, 0) is 16.1 Å². The highest BCUT2D eigenvalue weighted by atomic mass is 32.2. The van der Waals surface area contributed by atoms with Crippen molar-refractivity contribution in [3.8, 4) is 0 Å². The Morgan fingerprint density at radius 1 is 0.926 bits per heavy atom. The van der Waals surface area contributed by atoms with Crippen LogP contribution in [0, 0.1) is 0 Å². The number of esters is 1. The second-order valence-corrected chi connectivity index (χ2v) is 9.27. The number of nitrogens with zero attached hydrogens (tertiary/aromatic N) is 1. The van der Waals surface area contributed by atoms with E-state index in [-0.39, 0.29) is 5.97 Å². The molecule has 0 N–H and O–H groups in total. The second kappa shape index (κ2) is 18.7. The van der Waals surface area contributed by atoms with Crippen molar-refractivity contribution in [1.29, 1.82) is 0 Å². The van der Waals surface area contributed by atoms with Gasteiger partial charge in [-0.3, -0.25) is 9.78 Å². The molecule has 0 aliphatic carbocycles. The molecule has 1 aromatic rings. The Bertz CT molecular complexity index is 457. The SMILES string of the molecule is CCCSCCSCCCCCCCCCCC(=O)OCc1cccnc1. The molecule has 3 nitrogen and oxygen atoms in total. The van der Waals surface area contributed by atoms with Crippen LogP contribution in [0.1, 0.15) is 76.7 Å². The number of carbonyl (C=O) groups is 1. The van der Waals surface area contributed by atoms with Gasteiger partial charge in [-0.05, 0) is 36.8 Å². The van der Waals surface area contributed by atoms with E-state index in [1.165, 1.54) is 68.0 Å². The monoisotopic (exact) mass is 411 g/mol. The minimum atomic E-state index is -0.0931. The standard InChI is InChI=1S/C22H37NO2S2/c1-2-15-26-17-18-27-16-10-8-6-4-3-5-7-9-13-22(24)25-20-21-12-11-14-23-19-21/h11-12,14,19H,2-10,13,15-18,20H2,1H3. The first-order chi connectivity index (χ1) is 13.3. The lowest BCUT2D eigenvalue weighted by Gasteiger charge is -2.05.